The van der Waals surface area contributed by atoms with Crippen LogP contribution >= 0.6 is 0 Å². The molecule has 146 valence electrons. The summed E-state index contributed by atoms with van der Waals surface area (Å²) < 4.78 is 44.0. The van der Waals surface area contributed by atoms with E-state index in [1.807, 2.05) is 30.3 Å². The predicted molar refractivity (Wildman–Crippen MR) is 99.3 cm³/mol. The third-order valence-electron chi connectivity index (χ3n) is 3.64. The number of amides is 1. The summed E-state index contributed by atoms with van der Waals surface area (Å²) >= 11 is -0.428. The summed E-state index contributed by atoms with van der Waals surface area (Å²) in [4.78, 5) is 16.2. The van der Waals surface area contributed by atoms with Gasteiger partial charge in [0.05, 0.1) is 0 Å². The van der Waals surface area contributed by atoms with Gasteiger partial charge in [-0.1, -0.05) is 0 Å². The van der Waals surface area contributed by atoms with Crippen molar-refractivity contribution in [2.24, 2.45) is 0 Å². The fourth-order valence-corrected chi connectivity index (χ4v) is 4.64. The van der Waals surface area contributed by atoms with Gasteiger partial charge >= 0.3 is 162 Å². The Morgan fingerprint density at radius 1 is 1.22 bits per heavy atom. The third kappa shape index (κ3) is 6.97. The van der Waals surface area contributed by atoms with Crippen LogP contribution < -0.4 is 9.78 Å². The Balaban J connectivity index is 2.23. The van der Waals surface area contributed by atoms with Crippen molar-refractivity contribution < 1.29 is 22.7 Å². The van der Waals surface area contributed by atoms with Crippen LogP contribution in [0.3, 0.4) is 0 Å². The van der Waals surface area contributed by atoms with Crippen molar-refractivity contribution in [1.29, 1.82) is 0 Å². The van der Waals surface area contributed by atoms with E-state index in [1.165, 1.54) is 13.8 Å². The van der Waals surface area contributed by atoms with Gasteiger partial charge in [-0.25, -0.2) is 0 Å². The van der Waals surface area contributed by atoms with Crippen LogP contribution in [0.15, 0.2) is 48.7 Å². The van der Waals surface area contributed by atoms with Gasteiger partial charge in [-0.3, -0.25) is 0 Å². The summed E-state index contributed by atoms with van der Waals surface area (Å²) in [6.07, 6.45) is -2.89. The maximum atomic E-state index is 12.9. The number of nitrogens with one attached hydrogen (secondary N) is 1. The molecule has 1 atom stereocenters. The van der Waals surface area contributed by atoms with Crippen molar-refractivity contribution in [2.45, 2.75) is 37.4 Å². The quantitative estimate of drug-likeness (QED) is 0.664. The standard InChI is InChI=1S/C19H21F3N2O2Se/c1-13-11-14(9-10-23-13)24-17(25)16(27-15-7-5-4-6-8-15)18(2,3)26-12-19(20,21)22/h4-11,16H,12H2,1-3H3,(H,23,24,25). The van der Waals surface area contributed by atoms with Crippen LogP contribution in [-0.2, 0) is 9.53 Å². The van der Waals surface area contributed by atoms with Crippen LogP contribution in [0.5, 0.6) is 0 Å². The van der Waals surface area contributed by atoms with E-state index in [2.05, 4.69) is 10.3 Å². The molecular formula is C19H21F3N2O2Se. The third-order valence-corrected chi connectivity index (χ3v) is 6.92. The Hall–Kier alpha value is -1.89. The number of hydrogen-bond acceptors (Lipinski definition) is 3. The molecule has 0 saturated heterocycles. The molecule has 0 radical (unpaired) electrons. The normalized spacial score (nSPS) is 13.3. The molecule has 0 aliphatic carbocycles. The number of carbonyl (C=O) groups excluding carboxylic acids is 1. The first-order valence-electron chi connectivity index (χ1n) is 8.23. The second-order valence-corrected chi connectivity index (χ2v) is 8.97. The minimum absolute atomic E-state index is 0.378. The number of hydrogen-bond donors (Lipinski definition) is 1. The zero-order valence-electron chi connectivity index (χ0n) is 15.2. The number of aromatic nitrogens is 1. The molecule has 1 aromatic heterocycles. The Kier molecular flexibility index (Phi) is 7.03. The molecule has 1 N–H and O–H groups in total. The second-order valence-electron chi connectivity index (χ2n) is 6.49. The number of rotatable bonds is 7. The predicted octanol–water partition coefficient (Wildman–Crippen LogP) is 3.50. The average Bonchev–Trinajstić information content (AvgIpc) is 2.58. The topological polar surface area (TPSA) is 51.2 Å². The van der Waals surface area contributed by atoms with Gasteiger partial charge in [-0.15, -0.1) is 0 Å². The van der Waals surface area contributed by atoms with Crippen molar-refractivity contribution in [3.8, 4) is 0 Å². The van der Waals surface area contributed by atoms with Gasteiger partial charge < -0.3 is 0 Å². The van der Waals surface area contributed by atoms with Gasteiger partial charge in [0.15, 0.2) is 0 Å². The molecule has 27 heavy (non-hydrogen) atoms. The number of anilines is 1. The van der Waals surface area contributed by atoms with Gasteiger partial charge in [0.1, 0.15) is 0 Å². The molecule has 0 aliphatic heterocycles. The molecule has 4 nitrogen and oxygen atoms in total. The van der Waals surface area contributed by atoms with Crippen LogP contribution in [0, 0.1) is 6.92 Å². The van der Waals surface area contributed by atoms with Crippen molar-refractivity contribution in [1.82, 2.24) is 4.98 Å². The summed E-state index contributed by atoms with van der Waals surface area (Å²) in [6.45, 7) is 3.43. The van der Waals surface area contributed by atoms with Gasteiger partial charge in [0, 0.05) is 0 Å². The molecule has 2 aromatic rings. The van der Waals surface area contributed by atoms with Crippen LogP contribution in [0.1, 0.15) is 19.5 Å². The fourth-order valence-electron chi connectivity index (χ4n) is 2.32. The average molecular weight is 445 g/mol. The van der Waals surface area contributed by atoms with E-state index in [4.69, 9.17) is 4.74 Å². The monoisotopic (exact) mass is 446 g/mol. The zero-order valence-corrected chi connectivity index (χ0v) is 16.9. The number of carbonyl (C=O) groups is 1. The summed E-state index contributed by atoms with van der Waals surface area (Å²) in [5.74, 6) is -0.378. The molecule has 1 amide bonds. The molecule has 8 heteroatoms. The SMILES string of the molecule is Cc1cc(NC(=O)C([Se]c2ccccc2)C(C)(C)OCC(F)(F)F)ccn1. The molecule has 0 fully saturated rings. The number of pyridine rings is 1. The summed E-state index contributed by atoms with van der Waals surface area (Å²) in [6, 6.07) is 12.6. The van der Waals surface area contributed by atoms with Crippen LogP contribution in [0.4, 0.5) is 18.9 Å². The molecule has 1 heterocycles. The number of benzene rings is 1. The summed E-state index contributed by atoms with van der Waals surface area (Å²) in [5, 5.41) is 2.78. The van der Waals surface area contributed by atoms with Crippen LogP contribution in [0.25, 0.3) is 0 Å². The minimum atomic E-state index is -4.46. The number of aryl methyl sites for hydroxylation is 1. The number of alkyl halides is 3. The number of ether oxygens (including phenoxy) is 1. The second kappa shape index (κ2) is 8.87. The van der Waals surface area contributed by atoms with Gasteiger partial charge in [-0.05, 0) is 0 Å². The Bertz CT molecular complexity index is 767. The van der Waals surface area contributed by atoms with E-state index in [-0.39, 0.29) is 5.91 Å². The van der Waals surface area contributed by atoms with E-state index in [9.17, 15) is 18.0 Å². The van der Waals surface area contributed by atoms with E-state index in [0.717, 1.165) is 10.2 Å². The molecular weight excluding hydrogens is 424 g/mol. The molecule has 2 rings (SSSR count). The first-order valence-corrected chi connectivity index (χ1v) is 10.1. The summed E-state index contributed by atoms with van der Waals surface area (Å²) in [5.41, 5.74) is -0.0178. The van der Waals surface area contributed by atoms with Crippen LogP contribution in [0.2, 0.25) is 4.82 Å². The molecule has 0 spiro atoms. The van der Waals surface area contributed by atoms with Crippen LogP contribution in [-0.4, -0.2) is 44.2 Å². The Morgan fingerprint density at radius 2 is 1.89 bits per heavy atom. The maximum absolute atomic E-state index is 12.9. The Labute approximate surface area is 162 Å². The van der Waals surface area contributed by atoms with Gasteiger partial charge in [0.2, 0.25) is 0 Å². The first kappa shape index (κ1) is 21.4. The fraction of sp³-hybridized carbons (Fsp3) is 0.368. The van der Waals surface area contributed by atoms with Crippen molar-refractivity contribution in [3.05, 3.63) is 54.4 Å². The van der Waals surface area contributed by atoms with Gasteiger partial charge in [-0.2, -0.15) is 0 Å². The summed E-state index contributed by atoms with van der Waals surface area (Å²) in [7, 11) is 0. The van der Waals surface area contributed by atoms with E-state index >= 15 is 0 Å². The molecule has 0 aliphatic rings. The van der Waals surface area contributed by atoms with E-state index < -0.39 is 38.2 Å². The molecule has 1 unspecified atom stereocenters. The zero-order chi connectivity index (χ0) is 20.1. The molecule has 1 aromatic carbocycles. The Morgan fingerprint density at radius 3 is 2.48 bits per heavy atom. The van der Waals surface area contributed by atoms with Crippen molar-refractivity contribution in [2.75, 3.05) is 11.9 Å². The number of nitrogens with zero attached hydrogens (tertiary/aromatic N) is 1. The van der Waals surface area contributed by atoms with Gasteiger partial charge in [0.25, 0.3) is 0 Å². The number of halogens is 3. The van der Waals surface area contributed by atoms with Crippen molar-refractivity contribution in [3.63, 3.8) is 0 Å². The molecule has 0 saturated carbocycles. The van der Waals surface area contributed by atoms with Crippen molar-refractivity contribution >= 4 is 31.0 Å². The molecule has 0 bridgehead atoms. The van der Waals surface area contributed by atoms with E-state index in [0.29, 0.717) is 5.69 Å². The first-order chi connectivity index (χ1) is 12.6. The van der Waals surface area contributed by atoms with E-state index in [1.54, 1.807) is 25.3 Å².